The molecule has 2 saturated heterocycles. The van der Waals surface area contributed by atoms with Crippen LogP contribution >= 0.6 is 0 Å². The molecule has 0 amide bonds. The number of methoxy groups -OCH3 is 1. The monoisotopic (exact) mass is 692 g/mol. The molecule has 0 saturated carbocycles. The van der Waals surface area contributed by atoms with Gasteiger partial charge in [0.2, 0.25) is 0 Å². The zero-order chi connectivity index (χ0) is 36.7. The lowest BCUT2D eigenvalue weighted by molar-refractivity contribution is -0.301. The maximum absolute atomic E-state index is 13.7. The topological polar surface area (TPSA) is 130 Å². The molecule has 1 aromatic rings. The predicted molar refractivity (Wildman–Crippen MR) is 192 cm³/mol. The number of aliphatic hydroxyl groups is 3. The molecular weight excluding hydrogens is 624 g/mol. The highest BCUT2D eigenvalue weighted by molar-refractivity contribution is 5.73. The standard InChI is InChI=1S/C39H68N2O8/c1-12-32-39(8,45)30(18-19-40-23-29-16-14-13-15-17-29)25(3)20-24(2)22-38(7,46-11)35(27(5)33(42)28(6)36(44)48-32)49-37-34(43)31(41(9)10)21-26(4)47-37/h13-17,24-28,30-35,37,40,42-43,45H,12,18-23H2,1-11H3/t24-,25?,26+,27-,28+,30+,31-,32+,33-,34+,35+,37-,38+,39-/m0/s1. The van der Waals surface area contributed by atoms with E-state index >= 15 is 0 Å². The fourth-order valence-electron chi connectivity index (χ4n) is 8.63. The number of rotatable bonds is 10. The van der Waals surface area contributed by atoms with Crippen molar-refractivity contribution < 1.29 is 39.1 Å². The number of benzene rings is 1. The molecule has 4 N–H and O–H groups in total. The lowest BCUT2D eigenvalue weighted by Crippen LogP contribution is -2.59. The van der Waals surface area contributed by atoms with Crippen molar-refractivity contribution in [3.63, 3.8) is 0 Å². The third-order valence-electron chi connectivity index (χ3n) is 11.6. The van der Waals surface area contributed by atoms with E-state index in [9.17, 15) is 20.1 Å². The molecule has 10 heteroatoms. The number of nitrogens with zero attached hydrogens (tertiary/aromatic N) is 1. The first-order chi connectivity index (χ1) is 23.0. The SMILES string of the molecule is CC[C@H]1OC(=O)[C@H](C)[C@@H](O)[C@H](C)[C@@H](O[C@@H]2O[C@H](C)C[C@H](N(C)C)[C@H]2O)[C@](C)(OC)C[C@@H](C)CC(C)[C@@H](CCNCc2ccccc2)[C@]1(C)O. The maximum atomic E-state index is 13.7. The first-order valence-corrected chi connectivity index (χ1v) is 18.5. The van der Waals surface area contributed by atoms with Crippen LogP contribution in [0, 0.1) is 29.6 Å². The van der Waals surface area contributed by atoms with Gasteiger partial charge in [-0.1, -0.05) is 58.0 Å². The third kappa shape index (κ3) is 10.5. The van der Waals surface area contributed by atoms with Crippen LogP contribution in [0.15, 0.2) is 30.3 Å². The normalized spacial score (nSPS) is 41.7. The summed E-state index contributed by atoms with van der Waals surface area (Å²) < 4.78 is 25.3. The molecule has 1 unspecified atom stereocenters. The second kappa shape index (κ2) is 18.2. The van der Waals surface area contributed by atoms with E-state index < -0.39 is 59.7 Å². The minimum Gasteiger partial charge on any atom is -0.459 e. The molecule has 2 aliphatic rings. The van der Waals surface area contributed by atoms with Crippen molar-refractivity contribution in [3.05, 3.63) is 35.9 Å². The van der Waals surface area contributed by atoms with E-state index in [4.69, 9.17) is 18.9 Å². The number of likely N-dealkylation sites (N-methyl/N-ethyl adjacent to an activating group) is 1. The molecule has 49 heavy (non-hydrogen) atoms. The zero-order valence-electron chi connectivity index (χ0n) is 32.1. The van der Waals surface area contributed by atoms with Gasteiger partial charge in [0.15, 0.2) is 6.29 Å². The van der Waals surface area contributed by atoms with Crippen LogP contribution in [0.5, 0.6) is 0 Å². The molecule has 0 bridgehead atoms. The molecule has 0 aliphatic carbocycles. The van der Waals surface area contributed by atoms with Gasteiger partial charge in [-0.05, 0) is 104 Å². The van der Waals surface area contributed by atoms with Gasteiger partial charge in [-0.25, -0.2) is 0 Å². The van der Waals surface area contributed by atoms with Crippen LogP contribution in [0.4, 0.5) is 0 Å². The molecule has 14 atom stereocenters. The average Bonchev–Trinajstić information content (AvgIpc) is 3.05. The molecule has 10 nitrogen and oxygen atoms in total. The van der Waals surface area contributed by atoms with E-state index in [2.05, 4.69) is 31.3 Å². The predicted octanol–water partition coefficient (Wildman–Crippen LogP) is 4.77. The number of hydrogen-bond donors (Lipinski definition) is 4. The van der Waals surface area contributed by atoms with E-state index in [-0.39, 0.29) is 29.9 Å². The molecule has 2 fully saturated rings. The van der Waals surface area contributed by atoms with Crippen LogP contribution in [0.25, 0.3) is 0 Å². The quantitative estimate of drug-likeness (QED) is 0.201. The lowest BCUT2D eigenvalue weighted by Gasteiger charge is -2.48. The van der Waals surface area contributed by atoms with E-state index in [0.29, 0.717) is 32.2 Å². The van der Waals surface area contributed by atoms with Gasteiger partial charge in [-0.2, -0.15) is 0 Å². The number of hydrogen-bond acceptors (Lipinski definition) is 10. The third-order valence-corrected chi connectivity index (χ3v) is 11.6. The van der Waals surface area contributed by atoms with Crippen LogP contribution in [-0.4, -0.2) is 108 Å². The van der Waals surface area contributed by atoms with Crippen molar-refractivity contribution in [2.75, 3.05) is 27.7 Å². The number of carbonyl (C=O) groups is 1. The minimum absolute atomic E-state index is 0.0744. The van der Waals surface area contributed by atoms with Gasteiger partial charge in [0.05, 0.1) is 29.8 Å². The fourth-order valence-corrected chi connectivity index (χ4v) is 8.63. The molecule has 3 rings (SSSR count). The summed E-state index contributed by atoms with van der Waals surface area (Å²) in [6, 6.07) is 10.1. The van der Waals surface area contributed by atoms with Gasteiger partial charge < -0.3 is 44.5 Å². The van der Waals surface area contributed by atoms with Crippen LogP contribution in [-0.2, 0) is 30.3 Å². The first-order valence-electron chi connectivity index (χ1n) is 18.5. The molecule has 0 spiro atoms. The Kier molecular flexibility index (Phi) is 15.5. The van der Waals surface area contributed by atoms with E-state index in [1.165, 1.54) is 5.56 Å². The van der Waals surface area contributed by atoms with Crippen LogP contribution in [0.1, 0.15) is 93.1 Å². The second-order valence-electron chi connectivity index (χ2n) is 15.9. The van der Waals surface area contributed by atoms with Gasteiger partial charge in [0.1, 0.15) is 17.8 Å². The molecule has 2 aliphatic heterocycles. The van der Waals surface area contributed by atoms with Crippen molar-refractivity contribution >= 4 is 5.97 Å². The van der Waals surface area contributed by atoms with Crippen molar-refractivity contribution in [3.8, 4) is 0 Å². The Balaban J connectivity index is 1.96. The molecule has 282 valence electrons. The second-order valence-corrected chi connectivity index (χ2v) is 15.9. The number of carbonyl (C=O) groups excluding carboxylic acids is 1. The number of cyclic esters (lactones) is 1. The Hall–Kier alpha value is -1.63. The number of aliphatic hydroxyl groups excluding tert-OH is 2. The summed E-state index contributed by atoms with van der Waals surface area (Å²) in [5, 5.41) is 38.9. The highest BCUT2D eigenvalue weighted by Gasteiger charge is 2.50. The summed E-state index contributed by atoms with van der Waals surface area (Å²) in [6.07, 6.45) is -1.53. The summed E-state index contributed by atoms with van der Waals surface area (Å²) in [5.41, 5.74) is -1.02. The Morgan fingerprint density at radius 3 is 2.27 bits per heavy atom. The van der Waals surface area contributed by atoms with Gasteiger partial charge in [-0.3, -0.25) is 4.79 Å². The van der Waals surface area contributed by atoms with E-state index in [0.717, 1.165) is 13.0 Å². The molecule has 1 aromatic carbocycles. The summed E-state index contributed by atoms with van der Waals surface area (Å²) in [7, 11) is 5.51. The highest BCUT2D eigenvalue weighted by Crippen LogP contribution is 2.42. The van der Waals surface area contributed by atoms with Crippen LogP contribution < -0.4 is 5.32 Å². The summed E-state index contributed by atoms with van der Waals surface area (Å²) in [5.74, 6) is -2.06. The number of ether oxygens (including phenoxy) is 4. The van der Waals surface area contributed by atoms with Crippen LogP contribution in [0.2, 0.25) is 0 Å². The van der Waals surface area contributed by atoms with E-state index in [1.807, 2.05) is 64.9 Å². The average molecular weight is 693 g/mol. The van der Waals surface area contributed by atoms with Gasteiger partial charge in [0, 0.05) is 25.6 Å². The Morgan fingerprint density at radius 1 is 1.02 bits per heavy atom. The van der Waals surface area contributed by atoms with Gasteiger partial charge in [-0.15, -0.1) is 0 Å². The summed E-state index contributed by atoms with van der Waals surface area (Å²) in [4.78, 5) is 15.7. The molecular formula is C39H68N2O8. The molecule has 0 aromatic heterocycles. The van der Waals surface area contributed by atoms with Crippen molar-refractivity contribution in [1.82, 2.24) is 10.2 Å². The lowest BCUT2D eigenvalue weighted by atomic mass is 9.70. The summed E-state index contributed by atoms with van der Waals surface area (Å²) >= 11 is 0. The number of esters is 1. The fraction of sp³-hybridized carbons (Fsp3) is 0.821. The smallest absolute Gasteiger partial charge is 0.311 e. The molecule has 2 heterocycles. The van der Waals surface area contributed by atoms with Gasteiger partial charge in [0.25, 0.3) is 0 Å². The Labute approximate surface area is 296 Å². The molecule has 0 radical (unpaired) electrons. The van der Waals surface area contributed by atoms with E-state index in [1.54, 1.807) is 21.0 Å². The largest absolute Gasteiger partial charge is 0.459 e. The van der Waals surface area contributed by atoms with Crippen molar-refractivity contribution in [2.24, 2.45) is 29.6 Å². The Bertz CT molecular complexity index is 1140. The van der Waals surface area contributed by atoms with Crippen molar-refractivity contribution in [2.45, 2.75) is 148 Å². The maximum Gasteiger partial charge on any atom is 0.311 e. The highest BCUT2D eigenvalue weighted by atomic mass is 16.7. The van der Waals surface area contributed by atoms with Crippen molar-refractivity contribution in [1.29, 1.82) is 0 Å². The van der Waals surface area contributed by atoms with Gasteiger partial charge >= 0.3 is 5.97 Å². The van der Waals surface area contributed by atoms with Crippen LogP contribution in [0.3, 0.4) is 0 Å². The Morgan fingerprint density at radius 2 is 1.67 bits per heavy atom. The number of nitrogens with one attached hydrogen (secondary N) is 1. The first kappa shape index (κ1) is 41.8. The summed E-state index contributed by atoms with van der Waals surface area (Å²) in [6.45, 7) is 16.9. The zero-order valence-corrected chi connectivity index (χ0v) is 32.1. The minimum atomic E-state index is -1.30.